The quantitative estimate of drug-likeness (QED) is 0.206. The molecule has 236 valence electrons. The number of rotatable bonds is 16. The van der Waals surface area contributed by atoms with Gasteiger partial charge < -0.3 is 19.4 Å². The van der Waals surface area contributed by atoms with Crippen LogP contribution in [-0.4, -0.2) is 104 Å². The molecule has 1 aromatic rings. The van der Waals surface area contributed by atoms with Crippen molar-refractivity contribution < 1.29 is 19.1 Å². The maximum Gasteiger partial charge on any atom is 0.236 e. The van der Waals surface area contributed by atoms with E-state index in [1.165, 1.54) is 11.1 Å². The zero-order valence-corrected chi connectivity index (χ0v) is 27.1. The number of hydrogen-bond acceptors (Lipinski definition) is 5. The average molecular weight is 585 g/mol. The third-order valence-electron chi connectivity index (χ3n) is 7.98. The van der Waals surface area contributed by atoms with E-state index < -0.39 is 0 Å². The molecule has 8 heteroatoms. The molecule has 1 unspecified atom stereocenters. The number of amides is 3. The second kappa shape index (κ2) is 20.8. The van der Waals surface area contributed by atoms with Crippen molar-refractivity contribution >= 4 is 18.2 Å². The molecule has 1 fully saturated rings. The van der Waals surface area contributed by atoms with Crippen LogP contribution >= 0.6 is 0 Å². The fourth-order valence-electron chi connectivity index (χ4n) is 5.51. The van der Waals surface area contributed by atoms with Crippen LogP contribution in [0.5, 0.6) is 5.75 Å². The number of ether oxygens (including phenoxy) is 1. The maximum absolute atomic E-state index is 13.4. The number of hydrogen-bond donors (Lipinski definition) is 0. The van der Waals surface area contributed by atoms with Crippen LogP contribution in [0, 0.1) is 12.8 Å². The first-order valence-electron chi connectivity index (χ1n) is 15.9. The monoisotopic (exact) mass is 584 g/mol. The molecule has 42 heavy (non-hydrogen) atoms. The zero-order valence-electron chi connectivity index (χ0n) is 27.1. The van der Waals surface area contributed by atoms with Gasteiger partial charge in [0, 0.05) is 65.7 Å². The average Bonchev–Trinajstić information content (AvgIpc) is 3.65. The van der Waals surface area contributed by atoms with Crippen molar-refractivity contribution in [2.75, 3.05) is 60.0 Å². The molecule has 3 amide bonds. The van der Waals surface area contributed by atoms with Gasteiger partial charge in [-0.1, -0.05) is 52.7 Å². The highest BCUT2D eigenvalue weighted by atomic mass is 16.5. The first-order valence-corrected chi connectivity index (χ1v) is 15.9. The number of unbranched alkanes of at least 4 members (excludes halogenated alkanes) is 2. The van der Waals surface area contributed by atoms with Crippen molar-refractivity contribution in [1.82, 2.24) is 19.6 Å². The highest BCUT2D eigenvalue weighted by molar-refractivity contribution is 5.78. The third-order valence-corrected chi connectivity index (χ3v) is 7.98. The largest absolute Gasteiger partial charge is 0.493 e. The van der Waals surface area contributed by atoms with Crippen molar-refractivity contribution in [3.05, 3.63) is 29.3 Å². The van der Waals surface area contributed by atoms with Crippen LogP contribution in [0.25, 0.3) is 0 Å². The predicted molar refractivity (Wildman–Crippen MR) is 172 cm³/mol. The molecule has 0 N–H and O–H groups in total. The van der Waals surface area contributed by atoms with Crippen LogP contribution in [0.2, 0.25) is 0 Å². The van der Waals surface area contributed by atoms with Gasteiger partial charge in [0.2, 0.25) is 18.2 Å². The van der Waals surface area contributed by atoms with Gasteiger partial charge in [-0.25, -0.2) is 0 Å². The molecule has 0 saturated carbocycles. The van der Waals surface area contributed by atoms with Gasteiger partial charge in [0.05, 0.1) is 13.2 Å². The lowest BCUT2D eigenvalue weighted by molar-refractivity contribution is -0.133. The summed E-state index contributed by atoms with van der Waals surface area (Å²) >= 11 is 0. The molecule has 2 aliphatic heterocycles. The summed E-state index contributed by atoms with van der Waals surface area (Å²) in [6, 6.07) is 6.76. The number of benzene rings is 1. The number of carbonyl (C=O) groups is 3. The van der Waals surface area contributed by atoms with Crippen LogP contribution in [0.15, 0.2) is 18.2 Å². The van der Waals surface area contributed by atoms with E-state index in [0.717, 1.165) is 83.3 Å². The first kappa shape index (κ1) is 37.0. The Hall–Kier alpha value is -3.05. The van der Waals surface area contributed by atoms with E-state index in [4.69, 9.17) is 4.74 Å². The summed E-state index contributed by atoms with van der Waals surface area (Å²) in [6.07, 6.45) is 16.1. The van der Waals surface area contributed by atoms with Crippen LogP contribution in [0.1, 0.15) is 89.7 Å². The van der Waals surface area contributed by atoms with E-state index in [-0.39, 0.29) is 17.9 Å². The number of terminal acetylenes is 1. The molecule has 2 atom stereocenters. The second-order valence-corrected chi connectivity index (χ2v) is 11.0. The van der Waals surface area contributed by atoms with E-state index in [0.29, 0.717) is 32.0 Å². The zero-order chi connectivity index (χ0) is 31.5. The summed E-state index contributed by atoms with van der Waals surface area (Å²) in [4.78, 5) is 44.9. The summed E-state index contributed by atoms with van der Waals surface area (Å²) in [7, 11) is 3.47. The van der Waals surface area contributed by atoms with Crippen LogP contribution in [0.4, 0.5) is 0 Å². The SMILES string of the molecule is C#C.CC.CCCCN(CCCC)C(=O)CN1CC(c2ccc3c(c2)CCO3)C[C@@H]1CCN(C=O)CCC(=O)N(C)C. The fourth-order valence-corrected chi connectivity index (χ4v) is 5.51. The van der Waals surface area contributed by atoms with Gasteiger partial charge in [0.25, 0.3) is 0 Å². The van der Waals surface area contributed by atoms with Gasteiger partial charge in [0.1, 0.15) is 5.75 Å². The van der Waals surface area contributed by atoms with Crippen molar-refractivity contribution in [1.29, 1.82) is 0 Å². The summed E-state index contributed by atoms with van der Waals surface area (Å²) in [5.74, 6) is 1.57. The fraction of sp³-hybridized carbons (Fsp3) is 0.676. The lowest BCUT2D eigenvalue weighted by atomic mass is 9.93. The molecule has 0 aromatic heterocycles. The molecule has 0 bridgehead atoms. The Morgan fingerprint density at radius 3 is 2.29 bits per heavy atom. The third kappa shape index (κ3) is 11.7. The van der Waals surface area contributed by atoms with Crippen molar-refractivity contribution in [3.8, 4) is 18.6 Å². The molecule has 2 heterocycles. The molecular weight excluding hydrogens is 528 g/mol. The Balaban J connectivity index is 0.00000211. The van der Waals surface area contributed by atoms with Crippen LogP contribution in [0.3, 0.4) is 0 Å². The molecule has 0 radical (unpaired) electrons. The van der Waals surface area contributed by atoms with E-state index in [2.05, 4.69) is 54.7 Å². The summed E-state index contributed by atoms with van der Waals surface area (Å²) in [5, 5.41) is 0. The Kier molecular flexibility index (Phi) is 18.3. The Morgan fingerprint density at radius 1 is 1.02 bits per heavy atom. The molecule has 0 aliphatic carbocycles. The lowest BCUT2D eigenvalue weighted by Crippen LogP contribution is -2.44. The van der Waals surface area contributed by atoms with E-state index in [9.17, 15) is 14.4 Å². The highest BCUT2D eigenvalue weighted by Gasteiger charge is 2.35. The van der Waals surface area contributed by atoms with Gasteiger partial charge >= 0.3 is 0 Å². The van der Waals surface area contributed by atoms with Crippen molar-refractivity contribution in [2.24, 2.45) is 0 Å². The van der Waals surface area contributed by atoms with Crippen molar-refractivity contribution in [2.45, 2.75) is 91.0 Å². The standard InChI is InChI=1S/C30H48N4O4.C2H6.C2H2/c1-5-7-14-33(15-8-6-2)30(37)22-34-21-26(24-9-10-28-25(19-24)13-18-38-28)20-27(34)11-16-32(23-35)17-12-29(36)31(3)4;2*1-2/h9-10,19,23,26-27H,5-8,11-18,20-22H2,1-4H3;1-2H3;1-2H/t26?,27-;;/m0../s1. The summed E-state index contributed by atoms with van der Waals surface area (Å²) in [5.41, 5.74) is 2.59. The Morgan fingerprint density at radius 2 is 1.69 bits per heavy atom. The minimum absolute atomic E-state index is 0.0184. The lowest BCUT2D eigenvalue weighted by Gasteiger charge is -2.29. The molecule has 1 aromatic carbocycles. The Labute approximate surface area is 255 Å². The molecule has 1 saturated heterocycles. The maximum atomic E-state index is 13.4. The van der Waals surface area contributed by atoms with E-state index in [1.54, 1.807) is 23.9 Å². The minimum atomic E-state index is 0.0184. The second-order valence-electron chi connectivity index (χ2n) is 11.0. The Bertz CT molecular complexity index is 956. The molecule has 8 nitrogen and oxygen atoms in total. The van der Waals surface area contributed by atoms with Crippen LogP contribution in [-0.2, 0) is 20.8 Å². The summed E-state index contributed by atoms with van der Waals surface area (Å²) in [6.45, 7) is 13.0. The first-order chi connectivity index (χ1) is 20.4. The smallest absolute Gasteiger partial charge is 0.236 e. The number of likely N-dealkylation sites (tertiary alicyclic amines) is 1. The molecule has 2 aliphatic rings. The molecule has 0 spiro atoms. The highest BCUT2D eigenvalue weighted by Crippen LogP contribution is 2.36. The van der Waals surface area contributed by atoms with Crippen LogP contribution < -0.4 is 4.74 Å². The van der Waals surface area contributed by atoms with Gasteiger partial charge in [0.15, 0.2) is 0 Å². The summed E-state index contributed by atoms with van der Waals surface area (Å²) < 4.78 is 5.71. The normalized spacial score (nSPS) is 17.0. The number of carbonyl (C=O) groups excluding carboxylic acids is 3. The van der Waals surface area contributed by atoms with Crippen molar-refractivity contribution in [3.63, 3.8) is 0 Å². The van der Waals surface area contributed by atoms with Gasteiger partial charge in [-0.2, -0.15) is 0 Å². The van der Waals surface area contributed by atoms with E-state index >= 15 is 0 Å². The number of nitrogens with zero attached hydrogens (tertiary/aromatic N) is 4. The van der Waals surface area contributed by atoms with Gasteiger partial charge in [-0.15, -0.1) is 12.8 Å². The van der Waals surface area contributed by atoms with Gasteiger partial charge in [-0.3, -0.25) is 19.3 Å². The number of fused-ring (bicyclic) bond motifs is 1. The predicted octanol–water partition coefficient (Wildman–Crippen LogP) is 4.81. The molecule has 3 rings (SSSR count). The van der Waals surface area contributed by atoms with Gasteiger partial charge in [-0.05, 0) is 48.8 Å². The molecular formula is C34H56N4O4. The van der Waals surface area contributed by atoms with E-state index in [1.807, 2.05) is 13.8 Å². The topological polar surface area (TPSA) is 73.4 Å². The minimum Gasteiger partial charge on any atom is -0.493 e.